The normalized spacial score (nSPS) is 17.6. The Hall–Kier alpha value is -4.27. The predicted molar refractivity (Wildman–Crippen MR) is 158 cm³/mol. The summed E-state index contributed by atoms with van der Waals surface area (Å²) in [4.78, 5) is 26.4. The third kappa shape index (κ3) is 5.53. The number of anilines is 1. The smallest absolute Gasteiger partial charge is 0.261 e. The number of aliphatic hydroxyl groups is 1. The molecule has 9 heteroatoms. The molecule has 8 nitrogen and oxygen atoms in total. The monoisotopic (exact) mass is 556 g/mol. The van der Waals surface area contributed by atoms with Crippen molar-refractivity contribution in [2.24, 2.45) is 10.9 Å². The van der Waals surface area contributed by atoms with Gasteiger partial charge in [-0.3, -0.25) is 19.4 Å². The number of aliphatic imine (C=N–C) groups is 1. The summed E-state index contributed by atoms with van der Waals surface area (Å²) in [7, 11) is 0. The first-order valence-corrected chi connectivity index (χ1v) is 14.3. The van der Waals surface area contributed by atoms with Crippen LogP contribution in [0, 0.1) is 11.7 Å². The third-order valence-corrected chi connectivity index (χ3v) is 7.65. The van der Waals surface area contributed by atoms with Gasteiger partial charge in [0, 0.05) is 37.4 Å². The summed E-state index contributed by atoms with van der Waals surface area (Å²) < 4.78 is 15.3. The van der Waals surface area contributed by atoms with Gasteiger partial charge < -0.3 is 10.0 Å². The molecule has 0 radical (unpaired) electrons. The van der Waals surface area contributed by atoms with Crippen molar-refractivity contribution >= 4 is 17.4 Å². The van der Waals surface area contributed by atoms with Crippen LogP contribution in [0.1, 0.15) is 62.5 Å². The number of rotatable bonds is 8. The summed E-state index contributed by atoms with van der Waals surface area (Å²) >= 11 is 0. The maximum atomic E-state index is 14.0. The average molecular weight is 557 g/mol. The van der Waals surface area contributed by atoms with Crippen LogP contribution >= 0.6 is 0 Å². The molecule has 4 heterocycles. The zero-order valence-corrected chi connectivity index (χ0v) is 24.1. The Kier molecular flexibility index (Phi) is 8.06. The molecule has 2 aliphatic heterocycles. The molecule has 1 atom stereocenters. The lowest BCUT2D eigenvalue weighted by Crippen LogP contribution is -2.40. The Morgan fingerprint density at radius 2 is 1.88 bits per heavy atom. The Morgan fingerprint density at radius 3 is 2.51 bits per heavy atom. The fraction of sp³-hybridized carbons (Fsp3) is 0.375. The van der Waals surface area contributed by atoms with Crippen molar-refractivity contribution in [2.75, 3.05) is 18.0 Å². The Bertz CT molecular complexity index is 1500. The van der Waals surface area contributed by atoms with Gasteiger partial charge in [-0.15, -0.1) is 0 Å². The average Bonchev–Trinajstić information content (AvgIpc) is 3.63. The van der Waals surface area contributed by atoms with E-state index in [1.807, 2.05) is 35.1 Å². The van der Waals surface area contributed by atoms with E-state index < -0.39 is 5.82 Å². The number of halogens is 1. The minimum absolute atomic E-state index is 0.0215. The maximum absolute atomic E-state index is 14.0. The highest BCUT2D eigenvalue weighted by Gasteiger charge is 2.38. The first-order chi connectivity index (χ1) is 19.7. The Morgan fingerprint density at radius 1 is 1.15 bits per heavy atom. The number of pyridine rings is 1. The first kappa shape index (κ1) is 28.3. The topological polar surface area (TPSA) is 86.8 Å². The van der Waals surface area contributed by atoms with Crippen LogP contribution in [-0.4, -0.2) is 49.6 Å². The molecule has 214 valence electrons. The summed E-state index contributed by atoms with van der Waals surface area (Å²) in [6.07, 6.45) is 5.25. The predicted octanol–water partition coefficient (Wildman–Crippen LogP) is 5.76. The zero-order chi connectivity index (χ0) is 29.3. The van der Waals surface area contributed by atoms with Gasteiger partial charge in [0.25, 0.3) is 5.91 Å². The number of amides is 1. The second-order valence-corrected chi connectivity index (χ2v) is 11.0. The lowest BCUT2D eigenvalue weighted by Gasteiger charge is -2.33. The van der Waals surface area contributed by atoms with E-state index in [0.717, 1.165) is 41.9 Å². The number of nitrogens with zero attached hydrogens (tertiary/aromatic N) is 6. The van der Waals surface area contributed by atoms with Gasteiger partial charge in [-0.1, -0.05) is 52.5 Å². The van der Waals surface area contributed by atoms with Gasteiger partial charge in [0.15, 0.2) is 5.84 Å². The van der Waals surface area contributed by atoms with E-state index in [2.05, 4.69) is 39.3 Å². The molecule has 2 aliphatic rings. The van der Waals surface area contributed by atoms with Crippen LogP contribution in [0.4, 0.5) is 10.1 Å². The summed E-state index contributed by atoms with van der Waals surface area (Å²) in [5.74, 6) is -0.134. The van der Waals surface area contributed by atoms with Crippen LogP contribution in [0.15, 0.2) is 77.5 Å². The molecule has 1 amide bonds. The fourth-order valence-corrected chi connectivity index (χ4v) is 5.61. The molecule has 2 aromatic heterocycles. The number of carbonyl (C=O) groups excluding carboxylic acids is 1. The molecule has 1 saturated heterocycles. The van der Waals surface area contributed by atoms with Crippen molar-refractivity contribution in [1.82, 2.24) is 19.7 Å². The van der Waals surface area contributed by atoms with Gasteiger partial charge in [-0.25, -0.2) is 9.38 Å². The second kappa shape index (κ2) is 11.7. The molecule has 0 saturated carbocycles. The number of hydrogen-bond acceptors (Lipinski definition) is 6. The summed E-state index contributed by atoms with van der Waals surface area (Å²) in [5.41, 5.74) is 4.43. The molecule has 0 aliphatic carbocycles. The lowest BCUT2D eigenvalue weighted by atomic mass is 10.00. The minimum Gasteiger partial charge on any atom is -0.494 e. The second-order valence-electron chi connectivity index (χ2n) is 11.0. The minimum atomic E-state index is -0.394. The van der Waals surface area contributed by atoms with Crippen LogP contribution in [0.2, 0.25) is 0 Å². The van der Waals surface area contributed by atoms with Crippen LogP contribution in [0.25, 0.3) is 0 Å². The number of hydrogen-bond donors (Lipinski definition) is 1. The summed E-state index contributed by atoms with van der Waals surface area (Å²) in [5, 5.41) is 16.7. The maximum Gasteiger partial charge on any atom is 0.261 e. The standard InChI is InChI=1S/C32H37FN6O2/c1-6-22-9-8-10-23(7-2)29(22)39-30(27-14-16-38(36-27)18-20(3)4)35-21(5)28(32(39)41)31(40)37-15-13-24(19-37)26-12-11-25(33)17-34-26/h8-12,14,16-17,20,24,41H,5-7,13,15,18-19H2,1-4H3. The fourth-order valence-electron chi connectivity index (χ4n) is 5.61. The van der Waals surface area contributed by atoms with Crippen molar-refractivity contribution in [2.45, 2.75) is 59.4 Å². The first-order valence-electron chi connectivity index (χ1n) is 14.3. The van der Waals surface area contributed by atoms with E-state index in [1.54, 1.807) is 15.9 Å². The van der Waals surface area contributed by atoms with Gasteiger partial charge >= 0.3 is 0 Å². The van der Waals surface area contributed by atoms with Crippen LogP contribution in [0.3, 0.4) is 0 Å². The van der Waals surface area contributed by atoms with Gasteiger partial charge in [0.05, 0.1) is 17.6 Å². The summed E-state index contributed by atoms with van der Waals surface area (Å²) in [6, 6.07) is 11.0. The van der Waals surface area contributed by atoms with Crippen molar-refractivity contribution in [1.29, 1.82) is 0 Å². The molecule has 5 rings (SSSR count). The SMILES string of the molecule is C=C1N=C(c2ccn(CC(C)C)n2)N(c2c(CC)cccc2CC)C(O)=C1C(=O)N1CCC(c2ccc(F)cn2)C1. The number of benzene rings is 1. The molecule has 1 N–H and O–H groups in total. The molecular formula is C32H37FN6O2. The van der Waals surface area contributed by atoms with E-state index in [1.165, 1.54) is 12.3 Å². The summed E-state index contributed by atoms with van der Waals surface area (Å²) in [6.45, 7) is 14.1. The van der Waals surface area contributed by atoms with Crippen LogP contribution in [-0.2, 0) is 24.2 Å². The van der Waals surface area contributed by atoms with Crippen molar-refractivity contribution in [3.63, 3.8) is 0 Å². The van der Waals surface area contributed by atoms with Crippen molar-refractivity contribution in [3.05, 3.63) is 101 Å². The van der Waals surface area contributed by atoms with Crippen LogP contribution < -0.4 is 4.90 Å². The number of likely N-dealkylation sites (tertiary alicyclic amines) is 1. The van der Waals surface area contributed by atoms with Gasteiger partial charge in [0.2, 0.25) is 5.88 Å². The molecule has 0 spiro atoms. The van der Waals surface area contributed by atoms with E-state index in [0.29, 0.717) is 37.0 Å². The van der Waals surface area contributed by atoms with Crippen molar-refractivity contribution in [3.8, 4) is 0 Å². The van der Waals surface area contributed by atoms with Gasteiger partial charge in [-0.2, -0.15) is 5.10 Å². The molecule has 3 aromatic rings. The van der Waals surface area contributed by atoms with Gasteiger partial charge in [0.1, 0.15) is 17.1 Å². The number of aryl methyl sites for hydroxylation is 2. The van der Waals surface area contributed by atoms with E-state index in [4.69, 9.17) is 10.1 Å². The van der Waals surface area contributed by atoms with E-state index >= 15 is 0 Å². The molecule has 41 heavy (non-hydrogen) atoms. The number of para-hydroxylation sites is 1. The molecule has 1 unspecified atom stereocenters. The number of aliphatic hydroxyl groups excluding tert-OH is 1. The highest BCUT2D eigenvalue weighted by atomic mass is 19.1. The molecule has 1 aromatic carbocycles. The number of carbonyl (C=O) groups is 1. The molecule has 0 bridgehead atoms. The third-order valence-electron chi connectivity index (χ3n) is 7.65. The quantitative estimate of drug-likeness (QED) is 0.381. The molecular weight excluding hydrogens is 519 g/mol. The molecule has 1 fully saturated rings. The highest BCUT2D eigenvalue weighted by Crippen LogP contribution is 2.37. The number of amidine groups is 1. The zero-order valence-electron chi connectivity index (χ0n) is 24.1. The van der Waals surface area contributed by atoms with Crippen molar-refractivity contribution < 1.29 is 14.3 Å². The highest BCUT2D eigenvalue weighted by molar-refractivity contribution is 6.15. The Labute approximate surface area is 240 Å². The van der Waals surface area contributed by atoms with Crippen LogP contribution in [0.5, 0.6) is 0 Å². The lowest BCUT2D eigenvalue weighted by molar-refractivity contribution is -0.126. The van der Waals surface area contributed by atoms with E-state index in [-0.39, 0.29) is 29.0 Å². The largest absolute Gasteiger partial charge is 0.494 e. The van der Waals surface area contributed by atoms with E-state index in [9.17, 15) is 14.3 Å². The number of aromatic nitrogens is 3. The van der Waals surface area contributed by atoms with Gasteiger partial charge in [-0.05, 0) is 54.5 Å². The Balaban J connectivity index is 1.56.